The van der Waals surface area contributed by atoms with Crippen molar-refractivity contribution in [2.24, 2.45) is 5.92 Å². The van der Waals surface area contributed by atoms with Crippen LogP contribution in [0.1, 0.15) is 24.0 Å². The second kappa shape index (κ2) is 7.77. The van der Waals surface area contributed by atoms with Crippen LogP contribution in [0.2, 0.25) is 0 Å². The Kier molecular flexibility index (Phi) is 5.49. The minimum absolute atomic E-state index is 0.0875. The Hall–Kier alpha value is -2.59. The monoisotopic (exact) mass is 469 g/mol. The van der Waals surface area contributed by atoms with Crippen LogP contribution in [0.3, 0.4) is 0 Å². The molecule has 2 aromatic carbocycles. The highest BCUT2D eigenvalue weighted by molar-refractivity contribution is 7.86. The molecule has 1 heterocycles. The number of aryl methyl sites for hydroxylation is 1. The number of rotatable bonds is 6. The fraction of sp³-hybridized carbons (Fsp3) is 0.409. The van der Waals surface area contributed by atoms with Crippen LogP contribution >= 0.6 is 0 Å². The molecule has 1 aliphatic heterocycles. The lowest BCUT2D eigenvalue weighted by molar-refractivity contribution is -0.265. The van der Waals surface area contributed by atoms with Crippen molar-refractivity contribution in [3.05, 3.63) is 59.7 Å². The molecule has 0 spiro atoms. The van der Waals surface area contributed by atoms with Gasteiger partial charge in [-0.3, -0.25) is 4.79 Å². The summed E-state index contributed by atoms with van der Waals surface area (Å²) >= 11 is 0. The first-order chi connectivity index (χ1) is 15.0. The Labute approximate surface area is 184 Å². The first kappa shape index (κ1) is 22.6. The number of hydrogen-bond acceptors (Lipinski definition) is 5. The van der Waals surface area contributed by atoms with Gasteiger partial charge in [-0.25, -0.2) is 4.18 Å². The molecule has 0 unspecified atom stereocenters. The predicted molar refractivity (Wildman–Crippen MR) is 108 cm³/mol. The third kappa shape index (κ3) is 3.75. The van der Waals surface area contributed by atoms with Crippen LogP contribution in [0, 0.1) is 12.8 Å². The molecule has 2 bridgehead atoms. The number of methoxy groups -OCH3 is 1. The van der Waals surface area contributed by atoms with Gasteiger partial charge in [-0.1, -0.05) is 29.8 Å². The zero-order valence-electron chi connectivity index (χ0n) is 17.4. The molecule has 1 saturated carbocycles. The SMILES string of the molecule is COc1ccc(CN2C(=O)[C@@H]3C[C@H]2[C@@](OS(=O)(=O)c2ccc(C)cc2)(C(F)(F)F)C3)cc1. The fourth-order valence-corrected chi connectivity index (χ4v) is 5.74. The lowest BCUT2D eigenvalue weighted by Crippen LogP contribution is -2.62. The minimum Gasteiger partial charge on any atom is -0.497 e. The molecule has 2 aliphatic rings. The van der Waals surface area contributed by atoms with Gasteiger partial charge in [0, 0.05) is 18.9 Å². The molecule has 1 saturated heterocycles. The number of amides is 1. The van der Waals surface area contributed by atoms with Crippen molar-refractivity contribution in [1.82, 2.24) is 4.90 Å². The quantitative estimate of drug-likeness (QED) is 0.602. The van der Waals surface area contributed by atoms with Gasteiger partial charge in [-0.2, -0.15) is 21.6 Å². The zero-order valence-corrected chi connectivity index (χ0v) is 18.2. The average Bonchev–Trinajstić information content (AvgIpc) is 3.25. The van der Waals surface area contributed by atoms with E-state index in [1.165, 1.54) is 31.4 Å². The van der Waals surface area contributed by atoms with Crippen molar-refractivity contribution in [3.63, 3.8) is 0 Å². The number of piperidine rings is 1. The summed E-state index contributed by atoms with van der Waals surface area (Å²) in [7, 11) is -3.23. The molecule has 0 aromatic heterocycles. The summed E-state index contributed by atoms with van der Waals surface area (Å²) in [5.74, 6) is -0.810. The van der Waals surface area contributed by atoms with Crippen molar-refractivity contribution in [2.45, 2.75) is 49.0 Å². The van der Waals surface area contributed by atoms with E-state index in [9.17, 15) is 26.4 Å². The van der Waals surface area contributed by atoms with Crippen molar-refractivity contribution < 1.29 is 35.3 Å². The first-order valence-corrected chi connectivity index (χ1v) is 11.4. The number of ether oxygens (including phenoxy) is 1. The van der Waals surface area contributed by atoms with Gasteiger partial charge in [-0.05, 0) is 43.2 Å². The molecule has 2 aromatic rings. The van der Waals surface area contributed by atoms with E-state index in [0.717, 1.165) is 10.5 Å². The maximum Gasteiger partial charge on any atom is 0.420 e. The number of hydrogen-bond donors (Lipinski definition) is 0. The molecular formula is C22H22F3NO5S. The maximum absolute atomic E-state index is 14.4. The number of carbonyl (C=O) groups is 1. The molecule has 1 aliphatic carbocycles. The third-order valence-corrected chi connectivity index (χ3v) is 7.53. The highest BCUT2D eigenvalue weighted by Crippen LogP contribution is 2.56. The van der Waals surface area contributed by atoms with Crippen LogP contribution < -0.4 is 4.74 Å². The number of fused-ring (bicyclic) bond motifs is 2. The predicted octanol–water partition coefficient (Wildman–Crippen LogP) is 3.83. The molecule has 32 heavy (non-hydrogen) atoms. The molecule has 3 atom stereocenters. The van der Waals surface area contributed by atoms with E-state index < -0.39 is 46.2 Å². The van der Waals surface area contributed by atoms with Crippen molar-refractivity contribution in [2.75, 3.05) is 7.11 Å². The average molecular weight is 469 g/mol. The molecule has 10 heteroatoms. The molecule has 172 valence electrons. The number of carbonyl (C=O) groups excluding carboxylic acids is 1. The third-order valence-electron chi connectivity index (χ3n) is 6.16. The lowest BCUT2D eigenvalue weighted by Gasteiger charge is -2.43. The van der Waals surface area contributed by atoms with Gasteiger partial charge in [0.2, 0.25) is 11.5 Å². The topological polar surface area (TPSA) is 72.9 Å². The van der Waals surface area contributed by atoms with Crippen LogP contribution in [-0.4, -0.2) is 44.2 Å². The van der Waals surface area contributed by atoms with Gasteiger partial charge < -0.3 is 9.64 Å². The van der Waals surface area contributed by atoms with Gasteiger partial charge in [0.15, 0.2) is 0 Å². The van der Waals surface area contributed by atoms with E-state index in [4.69, 9.17) is 8.92 Å². The van der Waals surface area contributed by atoms with E-state index >= 15 is 0 Å². The second-order valence-electron chi connectivity index (χ2n) is 8.20. The summed E-state index contributed by atoms with van der Waals surface area (Å²) in [4.78, 5) is 13.4. The van der Waals surface area contributed by atoms with E-state index in [1.54, 1.807) is 31.2 Å². The normalized spacial score (nSPS) is 25.4. The number of alkyl halides is 3. The fourth-order valence-electron chi connectivity index (χ4n) is 4.51. The van der Waals surface area contributed by atoms with E-state index in [2.05, 4.69) is 0 Å². The molecule has 0 N–H and O–H groups in total. The summed E-state index contributed by atoms with van der Waals surface area (Å²) in [6, 6.07) is 10.5. The molecule has 4 rings (SSSR count). The van der Waals surface area contributed by atoms with Gasteiger partial charge in [0.1, 0.15) is 5.75 Å². The summed E-state index contributed by atoms with van der Waals surface area (Å²) < 4.78 is 78.8. The van der Waals surface area contributed by atoms with Gasteiger partial charge in [0.25, 0.3) is 10.1 Å². The van der Waals surface area contributed by atoms with Crippen molar-refractivity contribution in [3.8, 4) is 5.75 Å². The Bertz CT molecular complexity index is 1120. The summed E-state index contributed by atoms with van der Waals surface area (Å²) in [5, 5.41) is 0. The minimum atomic E-state index is -5.00. The van der Waals surface area contributed by atoms with Crippen LogP contribution in [0.25, 0.3) is 0 Å². The van der Waals surface area contributed by atoms with E-state index in [0.29, 0.717) is 11.3 Å². The standard InChI is InChI=1S/C22H22F3NO5S/c1-14-3-9-18(10-4-14)32(28,29)31-21(22(23,24)25)12-16-11-19(21)26(20(16)27)13-15-5-7-17(30-2)8-6-15/h3-10,16,19H,11-13H2,1-2H3/t16-,19+,21-/m1/s1. The Balaban J connectivity index is 1.67. The number of nitrogens with zero attached hydrogens (tertiary/aromatic N) is 1. The molecule has 6 nitrogen and oxygen atoms in total. The number of benzene rings is 2. The molecular weight excluding hydrogens is 447 g/mol. The van der Waals surface area contributed by atoms with Crippen LogP contribution in [-0.2, 0) is 25.6 Å². The van der Waals surface area contributed by atoms with E-state index in [1.807, 2.05) is 0 Å². The smallest absolute Gasteiger partial charge is 0.420 e. The zero-order chi connectivity index (χ0) is 23.3. The number of halogens is 3. The first-order valence-electron chi connectivity index (χ1n) is 9.99. The van der Waals surface area contributed by atoms with Gasteiger partial charge >= 0.3 is 6.18 Å². The van der Waals surface area contributed by atoms with Gasteiger partial charge in [0.05, 0.1) is 18.0 Å². The molecule has 1 amide bonds. The van der Waals surface area contributed by atoms with Crippen molar-refractivity contribution in [1.29, 1.82) is 0 Å². The van der Waals surface area contributed by atoms with Gasteiger partial charge in [-0.15, -0.1) is 0 Å². The Morgan fingerprint density at radius 1 is 1.09 bits per heavy atom. The van der Waals surface area contributed by atoms with Crippen LogP contribution in [0.15, 0.2) is 53.4 Å². The van der Waals surface area contributed by atoms with Crippen molar-refractivity contribution >= 4 is 16.0 Å². The Morgan fingerprint density at radius 2 is 1.72 bits per heavy atom. The highest BCUT2D eigenvalue weighted by atomic mass is 32.2. The van der Waals surface area contributed by atoms with E-state index in [-0.39, 0.29) is 17.9 Å². The Morgan fingerprint density at radius 3 is 2.25 bits per heavy atom. The highest BCUT2D eigenvalue weighted by Gasteiger charge is 2.73. The summed E-state index contributed by atoms with van der Waals surface area (Å²) in [6.45, 7) is 1.64. The van der Waals surface area contributed by atoms with Crippen LogP contribution in [0.4, 0.5) is 13.2 Å². The second-order valence-corrected chi connectivity index (χ2v) is 9.75. The lowest BCUT2D eigenvalue weighted by atomic mass is 9.91. The largest absolute Gasteiger partial charge is 0.497 e. The number of likely N-dealkylation sites (tertiary alicyclic amines) is 1. The summed E-state index contributed by atoms with van der Waals surface area (Å²) in [6.07, 6.45) is -5.83. The summed E-state index contributed by atoms with van der Waals surface area (Å²) in [5.41, 5.74) is -1.64. The van der Waals surface area contributed by atoms with Crippen LogP contribution in [0.5, 0.6) is 5.75 Å². The maximum atomic E-state index is 14.4. The molecule has 2 fully saturated rings. The molecule has 0 radical (unpaired) electrons.